The zero-order valence-corrected chi connectivity index (χ0v) is 17.4. The monoisotopic (exact) mass is 391 g/mol. The van der Waals surface area contributed by atoms with E-state index >= 15 is 0 Å². The van der Waals surface area contributed by atoms with E-state index in [1.165, 1.54) is 5.56 Å². The smallest absolute Gasteiger partial charge is 0.161 e. The highest BCUT2D eigenvalue weighted by atomic mass is 16.5. The van der Waals surface area contributed by atoms with Gasteiger partial charge in [0.05, 0.1) is 13.7 Å². The molecular formula is C25H29NO3. The highest BCUT2D eigenvalue weighted by Gasteiger charge is 2.09. The van der Waals surface area contributed by atoms with E-state index < -0.39 is 0 Å². The van der Waals surface area contributed by atoms with Crippen molar-refractivity contribution in [2.45, 2.75) is 33.0 Å². The van der Waals surface area contributed by atoms with Gasteiger partial charge >= 0.3 is 0 Å². The quantitative estimate of drug-likeness (QED) is 0.494. The van der Waals surface area contributed by atoms with Crippen LogP contribution >= 0.6 is 0 Å². The molecule has 4 heteroatoms. The molecule has 4 nitrogen and oxygen atoms in total. The molecule has 152 valence electrons. The Kier molecular flexibility index (Phi) is 7.54. The summed E-state index contributed by atoms with van der Waals surface area (Å²) in [4.78, 5) is 0. The summed E-state index contributed by atoms with van der Waals surface area (Å²) < 4.78 is 17.0. The van der Waals surface area contributed by atoms with Crippen LogP contribution in [0, 0.1) is 0 Å². The summed E-state index contributed by atoms with van der Waals surface area (Å²) in [7, 11) is 1.66. The van der Waals surface area contributed by atoms with Crippen molar-refractivity contribution in [3.8, 4) is 17.2 Å². The summed E-state index contributed by atoms with van der Waals surface area (Å²) in [6.45, 7) is 6.08. The Hall–Kier alpha value is -2.98. The number of hydrogen-bond acceptors (Lipinski definition) is 4. The number of rotatable bonds is 10. The SMILES string of the molecule is CCOc1ccc(C(C)NCc2ccc(OC)c(OCc3ccccc3)c2)cc1. The van der Waals surface area contributed by atoms with Gasteiger partial charge in [0.25, 0.3) is 0 Å². The van der Waals surface area contributed by atoms with Gasteiger partial charge in [-0.1, -0.05) is 48.5 Å². The van der Waals surface area contributed by atoms with Crippen LogP contribution in [0.25, 0.3) is 0 Å². The molecule has 0 aliphatic carbocycles. The van der Waals surface area contributed by atoms with Crippen LogP contribution in [-0.2, 0) is 13.2 Å². The normalized spacial score (nSPS) is 11.7. The van der Waals surface area contributed by atoms with Crippen LogP contribution in [0.4, 0.5) is 0 Å². The first-order valence-electron chi connectivity index (χ1n) is 9.99. The minimum atomic E-state index is 0.224. The Morgan fingerprint density at radius 2 is 1.59 bits per heavy atom. The lowest BCUT2D eigenvalue weighted by Crippen LogP contribution is -2.18. The van der Waals surface area contributed by atoms with Crippen molar-refractivity contribution in [1.29, 1.82) is 0 Å². The Balaban J connectivity index is 1.61. The van der Waals surface area contributed by atoms with Crippen molar-refractivity contribution in [1.82, 2.24) is 5.32 Å². The van der Waals surface area contributed by atoms with E-state index in [-0.39, 0.29) is 6.04 Å². The molecular weight excluding hydrogens is 362 g/mol. The molecule has 0 aliphatic rings. The molecule has 0 bridgehead atoms. The van der Waals surface area contributed by atoms with Crippen molar-refractivity contribution in [3.05, 3.63) is 89.5 Å². The molecule has 29 heavy (non-hydrogen) atoms. The first-order valence-corrected chi connectivity index (χ1v) is 9.99. The second-order valence-electron chi connectivity index (χ2n) is 6.86. The summed E-state index contributed by atoms with van der Waals surface area (Å²) in [6.07, 6.45) is 0. The van der Waals surface area contributed by atoms with Crippen molar-refractivity contribution in [3.63, 3.8) is 0 Å². The fourth-order valence-electron chi connectivity index (χ4n) is 3.09. The molecule has 0 saturated carbocycles. The molecule has 1 N–H and O–H groups in total. The van der Waals surface area contributed by atoms with Crippen LogP contribution in [-0.4, -0.2) is 13.7 Å². The maximum atomic E-state index is 6.02. The van der Waals surface area contributed by atoms with E-state index in [1.54, 1.807) is 7.11 Å². The maximum Gasteiger partial charge on any atom is 0.161 e. The van der Waals surface area contributed by atoms with Gasteiger partial charge in [0.15, 0.2) is 11.5 Å². The highest BCUT2D eigenvalue weighted by Crippen LogP contribution is 2.29. The summed E-state index contributed by atoms with van der Waals surface area (Å²) >= 11 is 0. The second-order valence-corrected chi connectivity index (χ2v) is 6.86. The van der Waals surface area contributed by atoms with Crippen LogP contribution in [0.1, 0.15) is 36.6 Å². The van der Waals surface area contributed by atoms with Crippen molar-refractivity contribution in [2.24, 2.45) is 0 Å². The average molecular weight is 392 g/mol. The minimum absolute atomic E-state index is 0.224. The Labute approximate surface area is 173 Å². The molecule has 0 heterocycles. The lowest BCUT2D eigenvalue weighted by Gasteiger charge is -2.16. The predicted octanol–water partition coefficient (Wildman–Crippen LogP) is 5.52. The highest BCUT2D eigenvalue weighted by molar-refractivity contribution is 5.43. The van der Waals surface area contributed by atoms with E-state index in [0.717, 1.165) is 34.9 Å². The van der Waals surface area contributed by atoms with Crippen molar-refractivity contribution < 1.29 is 14.2 Å². The van der Waals surface area contributed by atoms with Gasteiger partial charge in [-0.2, -0.15) is 0 Å². The van der Waals surface area contributed by atoms with Gasteiger partial charge in [-0.25, -0.2) is 0 Å². The van der Waals surface area contributed by atoms with Crippen LogP contribution in [0.3, 0.4) is 0 Å². The third-order valence-electron chi connectivity index (χ3n) is 4.77. The molecule has 3 aromatic carbocycles. The molecule has 0 amide bonds. The van der Waals surface area contributed by atoms with Gasteiger partial charge in [-0.3, -0.25) is 0 Å². The lowest BCUT2D eigenvalue weighted by atomic mass is 10.1. The maximum absolute atomic E-state index is 6.02. The average Bonchev–Trinajstić information content (AvgIpc) is 2.77. The van der Waals surface area contributed by atoms with Gasteiger partial charge in [0.1, 0.15) is 12.4 Å². The second kappa shape index (κ2) is 10.5. The standard InChI is InChI=1S/C25H29NO3/c1-4-28-23-13-11-22(12-14-23)19(2)26-17-21-10-15-24(27-3)25(16-21)29-18-20-8-6-5-7-9-20/h5-16,19,26H,4,17-18H2,1-3H3. The van der Waals surface area contributed by atoms with Gasteiger partial charge in [-0.05, 0) is 54.8 Å². The largest absolute Gasteiger partial charge is 0.494 e. The summed E-state index contributed by atoms with van der Waals surface area (Å²) in [5.74, 6) is 2.40. The Bertz CT molecular complexity index is 878. The van der Waals surface area contributed by atoms with E-state index in [4.69, 9.17) is 14.2 Å². The van der Waals surface area contributed by atoms with Gasteiger partial charge in [0.2, 0.25) is 0 Å². The number of ether oxygens (including phenoxy) is 3. The van der Waals surface area contributed by atoms with E-state index in [9.17, 15) is 0 Å². The first kappa shape index (κ1) is 20.7. The molecule has 0 fully saturated rings. The minimum Gasteiger partial charge on any atom is -0.494 e. The van der Waals surface area contributed by atoms with Crippen molar-refractivity contribution in [2.75, 3.05) is 13.7 Å². The van der Waals surface area contributed by atoms with E-state index in [0.29, 0.717) is 13.2 Å². The van der Waals surface area contributed by atoms with Gasteiger partial charge in [0, 0.05) is 12.6 Å². The Morgan fingerprint density at radius 3 is 2.28 bits per heavy atom. The van der Waals surface area contributed by atoms with Crippen molar-refractivity contribution >= 4 is 0 Å². The van der Waals surface area contributed by atoms with E-state index in [1.807, 2.05) is 49.4 Å². The summed E-state index contributed by atoms with van der Waals surface area (Å²) in [5.41, 5.74) is 3.50. The third kappa shape index (κ3) is 6.00. The number of nitrogens with one attached hydrogen (secondary N) is 1. The topological polar surface area (TPSA) is 39.7 Å². The molecule has 0 aliphatic heterocycles. The van der Waals surface area contributed by atoms with Gasteiger partial charge in [-0.15, -0.1) is 0 Å². The summed E-state index contributed by atoms with van der Waals surface area (Å²) in [5, 5.41) is 3.57. The number of benzene rings is 3. The van der Waals surface area contributed by atoms with Crippen LogP contribution in [0.5, 0.6) is 17.2 Å². The van der Waals surface area contributed by atoms with Crippen LogP contribution in [0.2, 0.25) is 0 Å². The molecule has 0 radical (unpaired) electrons. The molecule has 3 rings (SSSR count). The molecule has 1 atom stereocenters. The fraction of sp³-hybridized carbons (Fsp3) is 0.280. The zero-order valence-electron chi connectivity index (χ0n) is 17.4. The third-order valence-corrected chi connectivity index (χ3v) is 4.77. The molecule has 0 saturated heterocycles. The lowest BCUT2D eigenvalue weighted by molar-refractivity contribution is 0.284. The first-order chi connectivity index (χ1) is 14.2. The van der Waals surface area contributed by atoms with Crippen LogP contribution < -0.4 is 19.5 Å². The summed E-state index contributed by atoms with van der Waals surface area (Å²) in [6, 6.07) is 24.6. The zero-order chi connectivity index (χ0) is 20.5. The fourth-order valence-corrected chi connectivity index (χ4v) is 3.09. The molecule has 0 spiro atoms. The van der Waals surface area contributed by atoms with Gasteiger partial charge < -0.3 is 19.5 Å². The molecule has 1 unspecified atom stereocenters. The van der Waals surface area contributed by atoms with E-state index in [2.05, 4.69) is 42.6 Å². The number of hydrogen-bond donors (Lipinski definition) is 1. The number of methoxy groups -OCH3 is 1. The van der Waals surface area contributed by atoms with Crippen LogP contribution in [0.15, 0.2) is 72.8 Å². The Morgan fingerprint density at radius 1 is 0.828 bits per heavy atom. The molecule has 0 aromatic heterocycles. The predicted molar refractivity (Wildman–Crippen MR) is 117 cm³/mol. The molecule has 3 aromatic rings.